The molecule has 0 aromatic heterocycles. The Morgan fingerprint density at radius 2 is 1.95 bits per heavy atom. The van der Waals surface area contributed by atoms with Crippen LogP contribution in [-0.4, -0.2) is 30.5 Å². The summed E-state index contributed by atoms with van der Waals surface area (Å²) in [7, 11) is 0. The van der Waals surface area contributed by atoms with Gasteiger partial charge in [-0.2, -0.15) is 13.2 Å². The molecule has 1 aromatic rings. The van der Waals surface area contributed by atoms with Crippen LogP contribution in [-0.2, 0) is 11.0 Å². The second-order valence-corrected chi connectivity index (χ2v) is 5.32. The van der Waals surface area contributed by atoms with Crippen LogP contribution in [0.5, 0.6) is 5.75 Å². The summed E-state index contributed by atoms with van der Waals surface area (Å²) in [6.45, 7) is 0.979. The van der Waals surface area contributed by atoms with E-state index in [1.54, 1.807) is 4.90 Å². The molecule has 2 aliphatic rings. The van der Waals surface area contributed by atoms with E-state index in [-0.39, 0.29) is 12.0 Å². The summed E-state index contributed by atoms with van der Waals surface area (Å²) in [4.78, 5) is 12.0. The van der Waals surface area contributed by atoms with Crippen molar-refractivity contribution in [3.05, 3.63) is 29.3 Å². The van der Waals surface area contributed by atoms with Crippen molar-refractivity contribution in [1.29, 1.82) is 0 Å². The zero-order valence-corrected chi connectivity index (χ0v) is 10.7. The summed E-state index contributed by atoms with van der Waals surface area (Å²) < 4.78 is 44.4. The van der Waals surface area contributed by atoms with Gasteiger partial charge < -0.3 is 9.64 Å². The second kappa shape index (κ2) is 4.68. The standard InChI is InChI=1S/C14H14F3NO2/c15-14(16,17)13-4-3-10(5-12(13)9-1-2-9)20-11-6-18(7-11)8-19/h3-5,8-9,11H,1-2,6-7H2. The zero-order valence-electron chi connectivity index (χ0n) is 10.7. The minimum atomic E-state index is -4.32. The Kier molecular flexibility index (Phi) is 3.11. The summed E-state index contributed by atoms with van der Waals surface area (Å²) in [5, 5.41) is 0. The molecular formula is C14H14F3NO2. The van der Waals surface area contributed by atoms with Crippen LogP contribution in [0.3, 0.4) is 0 Å². The van der Waals surface area contributed by atoms with Crippen molar-refractivity contribution in [1.82, 2.24) is 4.90 Å². The number of nitrogens with zero attached hydrogens (tertiary/aromatic N) is 1. The van der Waals surface area contributed by atoms with E-state index in [1.165, 1.54) is 12.1 Å². The monoisotopic (exact) mass is 285 g/mol. The number of hydrogen-bond donors (Lipinski definition) is 0. The van der Waals surface area contributed by atoms with E-state index in [9.17, 15) is 18.0 Å². The molecule has 3 nitrogen and oxygen atoms in total. The van der Waals surface area contributed by atoms with E-state index in [0.29, 0.717) is 24.4 Å². The highest BCUT2D eigenvalue weighted by Gasteiger charge is 2.38. The Balaban J connectivity index is 1.76. The van der Waals surface area contributed by atoms with E-state index < -0.39 is 11.7 Å². The van der Waals surface area contributed by atoms with Crippen LogP contribution < -0.4 is 4.74 Å². The number of carbonyl (C=O) groups excluding carboxylic acids is 1. The van der Waals surface area contributed by atoms with Crippen molar-refractivity contribution < 1.29 is 22.7 Å². The lowest BCUT2D eigenvalue weighted by Gasteiger charge is -2.36. The first-order chi connectivity index (χ1) is 9.47. The molecule has 0 spiro atoms. The molecule has 0 unspecified atom stereocenters. The van der Waals surface area contributed by atoms with Crippen LogP contribution in [0.4, 0.5) is 13.2 Å². The fourth-order valence-electron chi connectivity index (χ4n) is 2.43. The van der Waals surface area contributed by atoms with E-state index in [4.69, 9.17) is 4.74 Å². The molecule has 0 N–H and O–H groups in total. The highest BCUT2D eigenvalue weighted by atomic mass is 19.4. The third kappa shape index (κ3) is 2.59. The summed E-state index contributed by atoms with van der Waals surface area (Å²) in [6, 6.07) is 3.96. The van der Waals surface area contributed by atoms with Crippen LogP contribution in [0.25, 0.3) is 0 Å². The lowest BCUT2D eigenvalue weighted by atomic mass is 10.0. The maximum absolute atomic E-state index is 12.9. The fraction of sp³-hybridized carbons (Fsp3) is 0.500. The molecule has 0 atom stereocenters. The summed E-state index contributed by atoms with van der Waals surface area (Å²) in [6.07, 6.45) is -2.10. The van der Waals surface area contributed by atoms with Crippen molar-refractivity contribution in [3.8, 4) is 5.75 Å². The Bertz CT molecular complexity index is 520. The number of likely N-dealkylation sites (tertiary alicyclic amines) is 1. The highest BCUT2D eigenvalue weighted by Crippen LogP contribution is 2.47. The first kappa shape index (κ1) is 13.3. The first-order valence-corrected chi connectivity index (χ1v) is 6.54. The highest BCUT2D eigenvalue weighted by molar-refractivity contribution is 5.49. The third-order valence-corrected chi connectivity index (χ3v) is 3.67. The fourth-order valence-corrected chi connectivity index (χ4v) is 2.43. The lowest BCUT2D eigenvalue weighted by molar-refractivity contribution is -0.138. The van der Waals surface area contributed by atoms with Gasteiger partial charge in [0.25, 0.3) is 0 Å². The van der Waals surface area contributed by atoms with Crippen molar-refractivity contribution in [3.63, 3.8) is 0 Å². The molecular weight excluding hydrogens is 271 g/mol. The smallest absolute Gasteiger partial charge is 0.416 e. The number of alkyl halides is 3. The van der Waals surface area contributed by atoms with Crippen molar-refractivity contribution >= 4 is 6.41 Å². The molecule has 20 heavy (non-hydrogen) atoms. The van der Waals surface area contributed by atoms with Gasteiger partial charge in [-0.15, -0.1) is 0 Å². The molecule has 108 valence electrons. The number of hydrogen-bond acceptors (Lipinski definition) is 2. The molecule has 6 heteroatoms. The Morgan fingerprint density at radius 1 is 1.25 bits per heavy atom. The van der Waals surface area contributed by atoms with Gasteiger partial charge in [-0.05, 0) is 42.5 Å². The van der Waals surface area contributed by atoms with Crippen molar-refractivity contribution in [2.45, 2.75) is 31.0 Å². The molecule has 1 saturated carbocycles. The van der Waals surface area contributed by atoms with Gasteiger partial charge in [0.15, 0.2) is 0 Å². The van der Waals surface area contributed by atoms with E-state index in [1.807, 2.05) is 0 Å². The summed E-state index contributed by atoms with van der Waals surface area (Å²) >= 11 is 0. The topological polar surface area (TPSA) is 29.5 Å². The third-order valence-electron chi connectivity index (χ3n) is 3.67. The quantitative estimate of drug-likeness (QED) is 0.796. The Morgan fingerprint density at radius 3 is 2.50 bits per heavy atom. The molecule has 1 amide bonds. The predicted octanol–water partition coefficient (Wildman–Crippen LogP) is 2.80. The largest absolute Gasteiger partial charge is 0.487 e. The van der Waals surface area contributed by atoms with Crippen LogP contribution >= 0.6 is 0 Å². The zero-order chi connectivity index (χ0) is 14.3. The van der Waals surface area contributed by atoms with Crippen LogP contribution in [0.15, 0.2) is 18.2 Å². The van der Waals surface area contributed by atoms with Gasteiger partial charge in [0, 0.05) is 0 Å². The number of amides is 1. The number of ether oxygens (including phenoxy) is 1. The van der Waals surface area contributed by atoms with Crippen LogP contribution in [0.1, 0.15) is 29.9 Å². The van der Waals surface area contributed by atoms with Gasteiger partial charge in [-0.25, -0.2) is 0 Å². The minimum Gasteiger partial charge on any atom is -0.487 e. The maximum atomic E-state index is 12.9. The molecule has 1 aliphatic heterocycles. The van der Waals surface area contributed by atoms with E-state index in [0.717, 1.165) is 25.3 Å². The Labute approximate surface area is 114 Å². The summed E-state index contributed by atoms with van der Waals surface area (Å²) in [5.74, 6) is 0.457. The molecule has 1 aromatic carbocycles. The molecule has 2 fully saturated rings. The molecule has 1 saturated heterocycles. The first-order valence-electron chi connectivity index (χ1n) is 6.54. The number of rotatable bonds is 4. The lowest BCUT2D eigenvalue weighted by Crippen LogP contribution is -2.52. The SMILES string of the molecule is O=CN1CC(Oc2ccc(C(F)(F)F)c(C3CC3)c2)C1. The number of carbonyl (C=O) groups is 1. The van der Waals surface area contributed by atoms with Crippen molar-refractivity contribution in [2.75, 3.05) is 13.1 Å². The predicted molar refractivity (Wildman–Crippen MR) is 65.5 cm³/mol. The second-order valence-electron chi connectivity index (χ2n) is 5.32. The Hall–Kier alpha value is -1.72. The molecule has 0 bridgehead atoms. The van der Waals surface area contributed by atoms with Gasteiger partial charge in [-0.1, -0.05) is 0 Å². The van der Waals surface area contributed by atoms with Gasteiger partial charge in [0.1, 0.15) is 11.9 Å². The summed E-state index contributed by atoms with van der Waals surface area (Å²) in [5.41, 5.74) is -0.225. The van der Waals surface area contributed by atoms with Gasteiger partial charge in [-0.3, -0.25) is 4.79 Å². The minimum absolute atomic E-state index is 0.00281. The maximum Gasteiger partial charge on any atom is 0.416 e. The average Bonchev–Trinajstić information content (AvgIpc) is 3.15. The molecule has 0 radical (unpaired) electrons. The van der Waals surface area contributed by atoms with Crippen molar-refractivity contribution in [2.24, 2.45) is 0 Å². The van der Waals surface area contributed by atoms with Gasteiger partial charge in [0.05, 0.1) is 18.7 Å². The molecule has 1 aliphatic carbocycles. The van der Waals surface area contributed by atoms with E-state index in [2.05, 4.69) is 0 Å². The van der Waals surface area contributed by atoms with Gasteiger partial charge >= 0.3 is 6.18 Å². The van der Waals surface area contributed by atoms with E-state index >= 15 is 0 Å². The normalized spacial score (nSPS) is 19.6. The molecule has 1 heterocycles. The van der Waals surface area contributed by atoms with Gasteiger partial charge in [0.2, 0.25) is 6.41 Å². The molecule has 3 rings (SSSR count). The number of benzene rings is 1. The van der Waals surface area contributed by atoms with Crippen LogP contribution in [0.2, 0.25) is 0 Å². The number of halogens is 3. The van der Waals surface area contributed by atoms with Crippen LogP contribution in [0, 0.1) is 0 Å². The average molecular weight is 285 g/mol.